The van der Waals surface area contributed by atoms with Crippen LogP contribution < -0.4 is 11.1 Å². The summed E-state index contributed by atoms with van der Waals surface area (Å²) in [6, 6.07) is 0.386. The summed E-state index contributed by atoms with van der Waals surface area (Å²) >= 11 is 0. The van der Waals surface area contributed by atoms with E-state index in [9.17, 15) is 4.79 Å². The lowest BCUT2D eigenvalue weighted by molar-refractivity contribution is -0.122. The maximum absolute atomic E-state index is 11.6. The number of nitrogens with zero attached hydrogens (tertiary/aromatic N) is 1. The lowest BCUT2D eigenvalue weighted by atomic mass is 10.0. The lowest BCUT2D eigenvalue weighted by Crippen LogP contribution is -2.43. The fourth-order valence-corrected chi connectivity index (χ4v) is 1.70. The summed E-state index contributed by atoms with van der Waals surface area (Å²) in [7, 11) is 4.08. The van der Waals surface area contributed by atoms with Gasteiger partial charge in [0.25, 0.3) is 0 Å². The second-order valence-corrected chi connectivity index (χ2v) is 5.12. The molecule has 16 heavy (non-hydrogen) atoms. The minimum atomic E-state index is 0.102. The van der Waals surface area contributed by atoms with Crippen molar-refractivity contribution >= 4 is 5.91 Å². The van der Waals surface area contributed by atoms with Gasteiger partial charge < -0.3 is 16.0 Å². The molecule has 0 aromatic carbocycles. The standard InChI is InChI=1S/C12H27N3O/c1-9(2)11(15(4)5)8-14-12(16)6-10(3)7-13/h9-11H,6-8,13H2,1-5H3,(H,14,16). The molecule has 2 atom stereocenters. The second-order valence-electron chi connectivity index (χ2n) is 5.12. The summed E-state index contributed by atoms with van der Waals surface area (Å²) in [6.45, 7) is 7.60. The average molecular weight is 229 g/mol. The minimum Gasteiger partial charge on any atom is -0.355 e. The summed E-state index contributed by atoms with van der Waals surface area (Å²) < 4.78 is 0. The Hall–Kier alpha value is -0.610. The van der Waals surface area contributed by atoms with Crippen molar-refractivity contribution in [1.82, 2.24) is 10.2 Å². The van der Waals surface area contributed by atoms with Gasteiger partial charge in [0.15, 0.2) is 0 Å². The quantitative estimate of drug-likeness (QED) is 0.675. The molecule has 0 spiro atoms. The highest BCUT2D eigenvalue weighted by atomic mass is 16.1. The van der Waals surface area contributed by atoms with Gasteiger partial charge in [-0.3, -0.25) is 4.79 Å². The Kier molecular flexibility index (Phi) is 7.34. The highest BCUT2D eigenvalue weighted by Crippen LogP contribution is 2.06. The van der Waals surface area contributed by atoms with Crippen LogP contribution in [0.3, 0.4) is 0 Å². The van der Waals surface area contributed by atoms with Gasteiger partial charge >= 0.3 is 0 Å². The van der Waals surface area contributed by atoms with Gasteiger partial charge in [0, 0.05) is 19.0 Å². The molecule has 1 amide bonds. The smallest absolute Gasteiger partial charge is 0.220 e. The molecule has 0 aromatic rings. The number of hydrogen-bond acceptors (Lipinski definition) is 3. The van der Waals surface area contributed by atoms with E-state index in [2.05, 4.69) is 24.1 Å². The summed E-state index contributed by atoms with van der Waals surface area (Å²) in [5.74, 6) is 0.893. The molecule has 0 heterocycles. The number of hydrogen-bond donors (Lipinski definition) is 2. The van der Waals surface area contributed by atoms with Crippen molar-refractivity contribution < 1.29 is 4.79 Å². The molecule has 96 valence electrons. The third-order valence-corrected chi connectivity index (χ3v) is 2.88. The molecule has 4 heteroatoms. The Balaban J connectivity index is 3.97. The van der Waals surface area contributed by atoms with Crippen LogP contribution in [0.15, 0.2) is 0 Å². The molecule has 0 bridgehead atoms. The molecule has 0 radical (unpaired) electrons. The van der Waals surface area contributed by atoms with Crippen molar-refractivity contribution in [2.75, 3.05) is 27.2 Å². The number of rotatable bonds is 7. The number of carbonyl (C=O) groups excluding carboxylic acids is 1. The Labute approximate surface area is 99.6 Å². The van der Waals surface area contributed by atoms with Crippen LogP contribution in [0.1, 0.15) is 27.2 Å². The fourth-order valence-electron chi connectivity index (χ4n) is 1.70. The number of nitrogens with two attached hydrogens (primary N) is 1. The van der Waals surface area contributed by atoms with Crippen LogP contribution in [0.4, 0.5) is 0 Å². The number of amides is 1. The van der Waals surface area contributed by atoms with Gasteiger partial charge in [0.2, 0.25) is 5.91 Å². The average Bonchev–Trinajstić information content (AvgIpc) is 2.16. The lowest BCUT2D eigenvalue weighted by Gasteiger charge is -2.28. The summed E-state index contributed by atoms with van der Waals surface area (Å²) in [5, 5.41) is 2.97. The van der Waals surface area contributed by atoms with Crippen LogP contribution in [0.5, 0.6) is 0 Å². The number of carbonyl (C=O) groups is 1. The maximum Gasteiger partial charge on any atom is 0.220 e. The normalized spacial score (nSPS) is 15.2. The first kappa shape index (κ1) is 15.4. The fraction of sp³-hybridized carbons (Fsp3) is 0.917. The van der Waals surface area contributed by atoms with Crippen molar-refractivity contribution in [2.45, 2.75) is 33.2 Å². The number of likely N-dealkylation sites (N-methyl/N-ethyl adjacent to an activating group) is 1. The topological polar surface area (TPSA) is 58.4 Å². The van der Waals surface area contributed by atoms with Gasteiger partial charge in [-0.15, -0.1) is 0 Å². The molecule has 0 saturated carbocycles. The van der Waals surface area contributed by atoms with E-state index in [1.165, 1.54) is 0 Å². The van der Waals surface area contributed by atoms with E-state index in [0.29, 0.717) is 31.5 Å². The van der Waals surface area contributed by atoms with Crippen molar-refractivity contribution in [1.29, 1.82) is 0 Å². The molecular weight excluding hydrogens is 202 g/mol. The zero-order valence-corrected chi connectivity index (χ0v) is 11.3. The SMILES string of the molecule is CC(CN)CC(=O)NCC(C(C)C)N(C)C. The van der Waals surface area contributed by atoms with E-state index in [0.717, 1.165) is 0 Å². The zero-order chi connectivity index (χ0) is 12.7. The van der Waals surface area contributed by atoms with Crippen molar-refractivity contribution in [3.05, 3.63) is 0 Å². The first-order valence-electron chi connectivity index (χ1n) is 6.01. The summed E-state index contributed by atoms with van der Waals surface area (Å²) in [5.41, 5.74) is 5.48. The number of nitrogens with one attached hydrogen (secondary N) is 1. The summed E-state index contributed by atoms with van der Waals surface area (Å²) in [6.07, 6.45) is 0.523. The molecule has 0 aliphatic rings. The van der Waals surface area contributed by atoms with E-state index in [-0.39, 0.29) is 11.8 Å². The van der Waals surface area contributed by atoms with E-state index in [1.54, 1.807) is 0 Å². The zero-order valence-electron chi connectivity index (χ0n) is 11.3. The first-order valence-corrected chi connectivity index (χ1v) is 6.01. The van der Waals surface area contributed by atoms with Crippen LogP contribution in [-0.2, 0) is 4.79 Å². The van der Waals surface area contributed by atoms with Gasteiger partial charge in [-0.05, 0) is 32.5 Å². The largest absolute Gasteiger partial charge is 0.355 e. The predicted octanol–water partition coefficient (Wildman–Crippen LogP) is 0.674. The minimum absolute atomic E-state index is 0.102. The molecular formula is C12H27N3O. The maximum atomic E-state index is 11.6. The van der Waals surface area contributed by atoms with Gasteiger partial charge in [0.05, 0.1) is 0 Å². The monoisotopic (exact) mass is 229 g/mol. The van der Waals surface area contributed by atoms with E-state index in [1.807, 2.05) is 21.0 Å². The van der Waals surface area contributed by atoms with Gasteiger partial charge in [0.1, 0.15) is 0 Å². The van der Waals surface area contributed by atoms with E-state index >= 15 is 0 Å². The Bertz CT molecular complexity index is 196. The molecule has 3 N–H and O–H groups in total. The predicted molar refractivity (Wildman–Crippen MR) is 68.2 cm³/mol. The van der Waals surface area contributed by atoms with Gasteiger partial charge in [-0.1, -0.05) is 20.8 Å². The Morgan fingerprint density at radius 2 is 1.88 bits per heavy atom. The molecule has 0 rings (SSSR count). The Morgan fingerprint density at radius 1 is 1.31 bits per heavy atom. The van der Waals surface area contributed by atoms with E-state index in [4.69, 9.17) is 5.73 Å². The van der Waals surface area contributed by atoms with Crippen molar-refractivity contribution in [3.8, 4) is 0 Å². The molecule has 0 aliphatic carbocycles. The van der Waals surface area contributed by atoms with Gasteiger partial charge in [-0.2, -0.15) is 0 Å². The Morgan fingerprint density at radius 3 is 2.25 bits per heavy atom. The molecule has 0 saturated heterocycles. The van der Waals surface area contributed by atoms with Crippen LogP contribution in [0.25, 0.3) is 0 Å². The van der Waals surface area contributed by atoms with Crippen molar-refractivity contribution in [2.24, 2.45) is 17.6 Å². The van der Waals surface area contributed by atoms with E-state index < -0.39 is 0 Å². The summed E-state index contributed by atoms with van der Waals surface area (Å²) in [4.78, 5) is 13.7. The van der Waals surface area contributed by atoms with Crippen LogP contribution >= 0.6 is 0 Å². The third kappa shape index (κ3) is 6.08. The molecule has 2 unspecified atom stereocenters. The molecule has 0 aromatic heterocycles. The first-order chi connectivity index (χ1) is 7.38. The molecule has 0 fully saturated rings. The van der Waals surface area contributed by atoms with Crippen LogP contribution in [0, 0.1) is 11.8 Å². The van der Waals surface area contributed by atoms with Crippen molar-refractivity contribution in [3.63, 3.8) is 0 Å². The van der Waals surface area contributed by atoms with Gasteiger partial charge in [-0.25, -0.2) is 0 Å². The highest BCUT2D eigenvalue weighted by Gasteiger charge is 2.17. The van der Waals surface area contributed by atoms with Crippen LogP contribution in [0.2, 0.25) is 0 Å². The molecule has 4 nitrogen and oxygen atoms in total. The van der Waals surface area contributed by atoms with Crippen LogP contribution in [-0.4, -0.2) is 44.0 Å². The molecule has 0 aliphatic heterocycles. The third-order valence-electron chi connectivity index (χ3n) is 2.88. The highest BCUT2D eigenvalue weighted by molar-refractivity contribution is 5.76. The second kappa shape index (κ2) is 7.63.